The molecule has 2 heterocycles. The van der Waals surface area contributed by atoms with Gasteiger partial charge in [0.25, 0.3) is 0 Å². The van der Waals surface area contributed by atoms with Crippen molar-refractivity contribution >= 4 is 34.8 Å². The zero-order valence-corrected chi connectivity index (χ0v) is 13.1. The Bertz CT molecular complexity index is 820. The van der Waals surface area contributed by atoms with Crippen LogP contribution in [0.5, 0.6) is 0 Å². The van der Waals surface area contributed by atoms with Crippen LogP contribution in [0.15, 0.2) is 30.6 Å². The number of alkyl halides is 3. The molecule has 0 saturated heterocycles. The van der Waals surface area contributed by atoms with Crippen molar-refractivity contribution in [3.8, 4) is 6.07 Å². The highest BCUT2D eigenvalue weighted by atomic mass is 35.5. The molecule has 1 atom stereocenters. The molecule has 0 fully saturated rings. The molecule has 0 aliphatic carbocycles. The van der Waals surface area contributed by atoms with Gasteiger partial charge < -0.3 is 5.32 Å². The fourth-order valence-electron chi connectivity index (χ4n) is 1.74. The van der Waals surface area contributed by atoms with E-state index in [0.717, 1.165) is 0 Å². The summed E-state index contributed by atoms with van der Waals surface area (Å²) in [7, 11) is 0. The first kappa shape index (κ1) is 18.0. The molecule has 1 amide bonds. The molecule has 0 aromatic carbocycles. The van der Waals surface area contributed by atoms with E-state index in [1.54, 1.807) is 6.07 Å². The molecular formula is C14H7Cl2F3N4O. The van der Waals surface area contributed by atoms with E-state index in [0.29, 0.717) is 12.3 Å². The van der Waals surface area contributed by atoms with Gasteiger partial charge in [0.05, 0.1) is 28.0 Å². The summed E-state index contributed by atoms with van der Waals surface area (Å²) in [4.78, 5) is 19.5. The lowest BCUT2D eigenvalue weighted by molar-refractivity contribution is -0.137. The fraction of sp³-hybridized carbons (Fsp3) is 0.143. The van der Waals surface area contributed by atoms with Gasteiger partial charge in [0.2, 0.25) is 5.91 Å². The molecule has 2 aromatic rings. The number of hydrogen-bond acceptors (Lipinski definition) is 4. The Morgan fingerprint density at radius 1 is 1.33 bits per heavy atom. The van der Waals surface area contributed by atoms with E-state index in [-0.39, 0.29) is 16.5 Å². The minimum absolute atomic E-state index is 0.00554. The standard InChI is InChI=1S/C14H7Cl2F3N4O/c15-9-4-7(14(17,18)19)6-22-11(9)8(5-20)13(24)23-10-2-1-3-21-12(10)16/h1-4,6,8H,(H,23,24)/t8-/m0/s1. The van der Waals surface area contributed by atoms with Crippen LogP contribution < -0.4 is 5.32 Å². The van der Waals surface area contributed by atoms with E-state index < -0.39 is 28.6 Å². The molecule has 2 aromatic heterocycles. The van der Waals surface area contributed by atoms with Crippen LogP contribution in [0.2, 0.25) is 10.2 Å². The van der Waals surface area contributed by atoms with Crippen LogP contribution in [0.25, 0.3) is 0 Å². The van der Waals surface area contributed by atoms with Crippen LogP contribution in [0.3, 0.4) is 0 Å². The van der Waals surface area contributed by atoms with E-state index >= 15 is 0 Å². The highest BCUT2D eigenvalue weighted by Crippen LogP contribution is 2.33. The second-order valence-electron chi connectivity index (χ2n) is 4.48. The first-order chi connectivity index (χ1) is 11.2. The topological polar surface area (TPSA) is 78.7 Å². The molecule has 124 valence electrons. The molecule has 1 N–H and O–H groups in total. The monoisotopic (exact) mass is 374 g/mol. The predicted octanol–water partition coefficient (Wildman–Crippen LogP) is 4.05. The maximum absolute atomic E-state index is 12.6. The number of carbonyl (C=O) groups excluding carboxylic acids is 1. The molecule has 24 heavy (non-hydrogen) atoms. The zero-order chi connectivity index (χ0) is 17.9. The largest absolute Gasteiger partial charge is 0.417 e. The van der Waals surface area contributed by atoms with E-state index in [9.17, 15) is 23.2 Å². The van der Waals surface area contributed by atoms with Gasteiger partial charge >= 0.3 is 6.18 Å². The summed E-state index contributed by atoms with van der Waals surface area (Å²) in [6, 6.07) is 5.22. The maximum Gasteiger partial charge on any atom is 0.417 e. The lowest BCUT2D eigenvalue weighted by Crippen LogP contribution is -2.22. The first-order valence-electron chi connectivity index (χ1n) is 6.27. The number of aromatic nitrogens is 2. The summed E-state index contributed by atoms with van der Waals surface area (Å²) in [6.07, 6.45) is -2.73. The lowest BCUT2D eigenvalue weighted by Gasteiger charge is -2.13. The molecule has 0 spiro atoms. The number of halogens is 5. The van der Waals surface area contributed by atoms with Crippen molar-refractivity contribution in [1.29, 1.82) is 5.26 Å². The third-order valence-corrected chi connectivity index (χ3v) is 3.48. The number of amides is 1. The van der Waals surface area contributed by atoms with Crippen molar-refractivity contribution in [2.45, 2.75) is 12.1 Å². The van der Waals surface area contributed by atoms with E-state index in [2.05, 4.69) is 15.3 Å². The van der Waals surface area contributed by atoms with Gasteiger partial charge in [0.15, 0.2) is 11.1 Å². The number of hydrogen-bond donors (Lipinski definition) is 1. The van der Waals surface area contributed by atoms with Crippen molar-refractivity contribution in [2.75, 3.05) is 5.32 Å². The highest BCUT2D eigenvalue weighted by molar-refractivity contribution is 6.33. The molecule has 5 nitrogen and oxygen atoms in total. The van der Waals surface area contributed by atoms with Crippen molar-refractivity contribution in [1.82, 2.24) is 9.97 Å². The highest BCUT2D eigenvalue weighted by Gasteiger charge is 2.33. The minimum Gasteiger partial charge on any atom is -0.322 e. The number of nitrogens with one attached hydrogen (secondary N) is 1. The number of pyridine rings is 2. The van der Waals surface area contributed by atoms with Gasteiger partial charge in [-0.15, -0.1) is 0 Å². The molecule has 0 saturated carbocycles. The Morgan fingerprint density at radius 3 is 2.58 bits per heavy atom. The summed E-state index contributed by atoms with van der Waals surface area (Å²) in [5.41, 5.74) is -1.22. The Hall–Kier alpha value is -2.37. The Kier molecular flexibility index (Phi) is 5.26. The number of nitriles is 1. The van der Waals surface area contributed by atoms with Crippen molar-refractivity contribution in [3.05, 3.63) is 52.0 Å². The van der Waals surface area contributed by atoms with E-state index in [1.807, 2.05) is 0 Å². The number of rotatable bonds is 3. The second kappa shape index (κ2) is 7.03. The average Bonchev–Trinajstić information content (AvgIpc) is 2.51. The van der Waals surface area contributed by atoms with Crippen LogP contribution in [0.4, 0.5) is 18.9 Å². The lowest BCUT2D eigenvalue weighted by atomic mass is 10.0. The minimum atomic E-state index is -4.64. The third-order valence-electron chi connectivity index (χ3n) is 2.88. The van der Waals surface area contributed by atoms with Gasteiger partial charge in [-0.2, -0.15) is 18.4 Å². The second-order valence-corrected chi connectivity index (χ2v) is 5.25. The molecule has 0 aliphatic heterocycles. The van der Waals surface area contributed by atoms with Gasteiger partial charge in [0, 0.05) is 12.4 Å². The Balaban J connectivity index is 2.30. The van der Waals surface area contributed by atoms with E-state index in [1.165, 1.54) is 18.3 Å². The molecule has 0 aliphatic rings. The van der Waals surface area contributed by atoms with E-state index in [4.69, 9.17) is 23.2 Å². The average molecular weight is 375 g/mol. The summed E-state index contributed by atoms with van der Waals surface area (Å²) >= 11 is 11.5. The number of anilines is 1. The van der Waals surface area contributed by atoms with Crippen LogP contribution in [-0.2, 0) is 11.0 Å². The Morgan fingerprint density at radius 2 is 2.04 bits per heavy atom. The van der Waals surface area contributed by atoms with Crippen LogP contribution in [0, 0.1) is 11.3 Å². The maximum atomic E-state index is 12.6. The van der Waals surface area contributed by atoms with Crippen LogP contribution >= 0.6 is 23.2 Å². The van der Waals surface area contributed by atoms with Crippen LogP contribution in [0.1, 0.15) is 17.2 Å². The Labute approximate surface area is 144 Å². The molecule has 0 unspecified atom stereocenters. The smallest absolute Gasteiger partial charge is 0.322 e. The summed E-state index contributed by atoms with van der Waals surface area (Å²) in [5, 5.41) is 11.1. The zero-order valence-electron chi connectivity index (χ0n) is 11.6. The molecule has 10 heteroatoms. The molecule has 0 bridgehead atoms. The third kappa shape index (κ3) is 3.93. The summed E-state index contributed by atoms with van der Waals surface area (Å²) in [6.45, 7) is 0. The quantitative estimate of drug-likeness (QED) is 0.822. The van der Waals surface area contributed by atoms with Gasteiger partial charge in [-0.1, -0.05) is 23.2 Å². The van der Waals surface area contributed by atoms with Gasteiger partial charge in [-0.05, 0) is 18.2 Å². The van der Waals surface area contributed by atoms with Crippen LogP contribution in [-0.4, -0.2) is 15.9 Å². The fourth-order valence-corrected chi connectivity index (χ4v) is 2.19. The van der Waals surface area contributed by atoms with Crippen molar-refractivity contribution in [2.24, 2.45) is 0 Å². The number of carbonyl (C=O) groups is 1. The normalized spacial score (nSPS) is 12.3. The SMILES string of the molecule is N#C[C@H](C(=O)Nc1cccnc1Cl)c1ncc(C(F)(F)F)cc1Cl. The van der Waals surface area contributed by atoms with Gasteiger partial charge in [0.1, 0.15) is 0 Å². The molecular weight excluding hydrogens is 368 g/mol. The molecule has 2 rings (SSSR count). The summed E-state index contributed by atoms with van der Waals surface area (Å²) in [5.74, 6) is -2.36. The van der Waals surface area contributed by atoms with Gasteiger partial charge in [-0.3, -0.25) is 9.78 Å². The number of nitrogens with zero attached hydrogens (tertiary/aromatic N) is 3. The summed E-state index contributed by atoms with van der Waals surface area (Å²) < 4.78 is 37.8. The van der Waals surface area contributed by atoms with Crippen molar-refractivity contribution in [3.63, 3.8) is 0 Å². The van der Waals surface area contributed by atoms with Gasteiger partial charge in [-0.25, -0.2) is 4.98 Å². The molecule has 0 radical (unpaired) electrons. The predicted molar refractivity (Wildman–Crippen MR) is 80.5 cm³/mol. The van der Waals surface area contributed by atoms with Crippen molar-refractivity contribution < 1.29 is 18.0 Å². The first-order valence-corrected chi connectivity index (χ1v) is 7.03.